The summed E-state index contributed by atoms with van der Waals surface area (Å²) in [4.78, 5) is 30.3. The number of rotatable bonds is 4. The van der Waals surface area contributed by atoms with E-state index in [0.29, 0.717) is 16.7 Å². The topological polar surface area (TPSA) is 95.7 Å². The average molecular weight is 379 g/mol. The van der Waals surface area contributed by atoms with E-state index in [4.69, 9.17) is 9.52 Å². The van der Waals surface area contributed by atoms with Crippen LogP contribution in [0.15, 0.2) is 47.0 Å². The molecular formula is C21H21N3O4. The SMILES string of the molecule is Cc1ccc(N2CCC(C(=O)Nc3ccc4oc(C(=O)O)cc4c3)CC2)nc1. The number of carbonyl (C=O) groups excluding carboxylic acids is 1. The molecule has 1 aliphatic rings. The van der Waals surface area contributed by atoms with Crippen LogP contribution in [-0.4, -0.2) is 35.1 Å². The second kappa shape index (κ2) is 7.34. The van der Waals surface area contributed by atoms with Crippen molar-refractivity contribution in [2.75, 3.05) is 23.3 Å². The van der Waals surface area contributed by atoms with Crippen LogP contribution in [0.4, 0.5) is 11.5 Å². The van der Waals surface area contributed by atoms with Crippen LogP contribution in [0.2, 0.25) is 0 Å². The van der Waals surface area contributed by atoms with Crippen LogP contribution in [0, 0.1) is 12.8 Å². The number of hydrogen-bond donors (Lipinski definition) is 2. The normalized spacial score (nSPS) is 15.0. The van der Waals surface area contributed by atoms with Crippen LogP contribution >= 0.6 is 0 Å². The lowest BCUT2D eigenvalue weighted by Gasteiger charge is -2.32. The summed E-state index contributed by atoms with van der Waals surface area (Å²) in [5.74, 6) is -0.356. The molecule has 144 valence electrons. The molecule has 1 saturated heterocycles. The first-order chi connectivity index (χ1) is 13.5. The summed E-state index contributed by atoms with van der Waals surface area (Å²) in [5, 5.41) is 12.6. The predicted molar refractivity (Wildman–Crippen MR) is 106 cm³/mol. The van der Waals surface area contributed by atoms with Gasteiger partial charge in [-0.25, -0.2) is 9.78 Å². The van der Waals surface area contributed by atoms with E-state index in [2.05, 4.69) is 15.2 Å². The van der Waals surface area contributed by atoms with Gasteiger partial charge in [-0.3, -0.25) is 4.79 Å². The van der Waals surface area contributed by atoms with Gasteiger partial charge >= 0.3 is 5.97 Å². The van der Waals surface area contributed by atoms with Crippen LogP contribution in [0.25, 0.3) is 11.0 Å². The molecule has 0 bridgehead atoms. The highest BCUT2D eigenvalue weighted by atomic mass is 16.4. The molecule has 4 rings (SSSR count). The van der Waals surface area contributed by atoms with Gasteiger partial charge in [0.05, 0.1) is 0 Å². The third-order valence-electron chi connectivity index (χ3n) is 5.08. The minimum absolute atomic E-state index is 0.0159. The Hall–Kier alpha value is -3.35. The fourth-order valence-corrected chi connectivity index (χ4v) is 3.49. The maximum Gasteiger partial charge on any atom is 0.371 e. The third-order valence-corrected chi connectivity index (χ3v) is 5.08. The summed E-state index contributed by atoms with van der Waals surface area (Å²) in [6, 6.07) is 10.6. The maximum absolute atomic E-state index is 12.6. The van der Waals surface area contributed by atoms with Gasteiger partial charge in [0.1, 0.15) is 11.4 Å². The summed E-state index contributed by atoms with van der Waals surface area (Å²) < 4.78 is 5.24. The molecule has 1 aromatic carbocycles. The minimum atomic E-state index is -1.11. The monoisotopic (exact) mass is 379 g/mol. The van der Waals surface area contributed by atoms with E-state index in [1.165, 1.54) is 6.07 Å². The number of aromatic nitrogens is 1. The standard InChI is InChI=1S/C21H21N3O4/c1-13-2-5-19(22-12-13)24-8-6-14(7-9-24)20(25)23-16-3-4-17-15(10-16)11-18(28-17)21(26)27/h2-5,10-12,14H,6-9H2,1H3,(H,23,25)(H,26,27). The largest absolute Gasteiger partial charge is 0.475 e. The second-order valence-electron chi connectivity index (χ2n) is 7.11. The number of carbonyl (C=O) groups is 2. The average Bonchev–Trinajstić information content (AvgIpc) is 3.12. The molecule has 0 unspecified atom stereocenters. The zero-order valence-corrected chi connectivity index (χ0v) is 15.5. The van der Waals surface area contributed by atoms with Crippen molar-refractivity contribution in [3.05, 3.63) is 53.9 Å². The Morgan fingerprint density at radius 1 is 1.18 bits per heavy atom. The molecule has 0 spiro atoms. The zero-order valence-electron chi connectivity index (χ0n) is 15.5. The van der Waals surface area contributed by atoms with Gasteiger partial charge in [-0.1, -0.05) is 6.07 Å². The number of anilines is 2. The minimum Gasteiger partial charge on any atom is -0.475 e. The number of nitrogens with one attached hydrogen (secondary N) is 1. The third kappa shape index (κ3) is 3.69. The van der Waals surface area contributed by atoms with E-state index in [-0.39, 0.29) is 17.6 Å². The van der Waals surface area contributed by atoms with Gasteiger partial charge in [0, 0.05) is 36.3 Å². The molecule has 0 atom stereocenters. The number of aromatic carboxylic acids is 1. The number of fused-ring (bicyclic) bond motifs is 1. The van der Waals surface area contributed by atoms with Crippen molar-refractivity contribution < 1.29 is 19.1 Å². The summed E-state index contributed by atoms with van der Waals surface area (Å²) in [6.45, 7) is 3.59. The molecule has 3 heterocycles. The van der Waals surface area contributed by atoms with E-state index < -0.39 is 5.97 Å². The lowest BCUT2D eigenvalue weighted by Crippen LogP contribution is -2.38. The van der Waals surface area contributed by atoms with E-state index in [0.717, 1.165) is 37.3 Å². The number of benzene rings is 1. The number of aryl methyl sites for hydroxylation is 1. The molecule has 0 radical (unpaired) electrons. The van der Waals surface area contributed by atoms with Gasteiger partial charge in [0.25, 0.3) is 0 Å². The highest BCUT2D eigenvalue weighted by Gasteiger charge is 2.25. The number of carboxylic acids is 1. The van der Waals surface area contributed by atoms with E-state index >= 15 is 0 Å². The lowest BCUT2D eigenvalue weighted by atomic mass is 9.95. The number of hydrogen-bond acceptors (Lipinski definition) is 5. The Kier molecular flexibility index (Phi) is 4.73. The maximum atomic E-state index is 12.6. The fraction of sp³-hybridized carbons (Fsp3) is 0.286. The summed E-state index contributed by atoms with van der Waals surface area (Å²) in [6.07, 6.45) is 3.38. The molecule has 1 fully saturated rings. The molecule has 1 amide bonds. The number of pyridine rings is 1. The molecule has 2 aromatic heterocycles. The van der Waals surface area contributed by atoms with Crippen LogP contribution in [-0.2, 0) is 4.79 Å². The molecular weight excluding hydrogens is 358 g/mol. The summed E-state index contributed by atoms with van der Waals surface area (Å²) in [5.41, 5.74) is 2.25. The molecule has 3 aromatic rings. The van der Waals surface area contributed by atoms with E-state index in [1.807, 2.05) is 25.3 Å². The van der Waals surface area contributed by atoms with Gasteiger partial charge < -0.3 is 19.7 Å². The van der Waals surface area contributed by atoms with Gasteiger partial charge in [0.15, 0.2) is 0 Å². The first kappa shape index (κ1) is 18.0. The Labute approximate surface area is 162 Å². The van der Waals surface area contributed by atoms with Gasteiger partial charge in [-0.15, -0.1) is 0 Å². The van der Waals surface area contributed by atoms with Crippen LogP contribution in [0.3, 0.4) is 0 Å². The quantitative estimate of drug-likeness (QED) is 0.718. The van der Waals surface area contributed by atoms with Crippen molar-refractivity contribution in [2.24, 2.45) is 5.92 Å². The first-order valence-corrected chi connectivity index (χ1v) is 9.25. The van der Waals surface area contributed by atoms with Crippen LogP contribution in [0.1, 0.15) is 29.0 Å². The van der Waals surface area contributed by atoms with Gasteiger partial charge in [-0.2, -0.15) is 0 Å². The van der Waals surface area contributed by atoms with E-state index in [9.17, 15) is 9.59 Å². The van der Waals surface area contributed by atoms with Crippen molar-refractivity contribution in [1.82, 2.24) is 4.98 Å². The molecule has 0 saturated carbocycles. The van der Waals surface area contributed by atoms with Gasteiger partial charge in [-0.05, 0) is 55.7 Å². The van der Waals surface area contributed by atoms with Crippen molar-refractivity contribution >= 4 is 34.4 Å². The number of amides is 1. The number of carboxylic acid groups (broad SMARTS) is 1. The van der Waals surface area contributed by atoms with Crippen molar-refractivity contribution in [1.29, 1.82) is 0 Å². The zero-order chi connectivity index (χ0) is 19.7. The molecule has 1 aliphatic heterocycles. The first-order valence-electron chi connectivity index (χ1n) is 9.25. The molecule has 7 nitrogen and oxygen atoms in total. The highest BCUT2D eigenvalue weighted by Crippen LogP contribution is 2.26. The molecule has 28 heavy (non-hydrogen) atoms. The number of furan rings is 1. The summed E-state index contributed by atoms with van der Waals surface area (Å²) in [7, 11) is 0. The van der Waals surface area contributed by atoms with Gasteiger partial charge in [0.2, 0.25) is 11.7 Å². The Morgan fingerprint density at radius 3 is 2.64 bits per heavy atom. The Bertz CT molecular complexity index is 1020. The van der Waals surface area contributed by atoms with Crippen molar-refractivity contribution in [3.63, 3.8) is 0 Å². The van der Waals surface area contributed by atoms with Crippen LogP contribution in [0.5, 0.6) is 0 Å². The molecule has 7 heteroatoms. The van der Waals surface area contributed by atoms with Crippen molar-refractivity contribution in [3.8, 4) is 0 Å². The predicted octanol–water partition coefficient (Wildman–Crippen LogP) is 3.69. The molecule has 2 N–H and O–H groups in total. The van der Waals surface area contributed by atoms with Crippen molar-refractivity contribution in [2.45, 2.75) is 19.8 Å². The Balaban J connectivity index is 1.38. The second-order valence-corrected chi connectivity index (χ2v) is 7.11. The number of nitrogens with zero attached hydrogens (tertiary/aromatic N) is 2. The smallest absolute Gasteiger partial charge is 0.371 e. The number of piperidine rings is 1. The lowest BCUT2D eigenvalue weighted by molar-refractivity contribution is -0.120. The fourth-order valence-electron chi connectivity index (χ4n) is 3.49. The summed E-state index contributed by atoms with van der Waals surface area (Å²) >= 11 is 0. The highest BCUT2D eigenvalue weighted by molar-refractivity contribution is 5.96. The van der Waals surface area contributed by atoms with E-state index in [1.54, 1.807) is 18.2 Å². The molecule has 0 aliphatic carbocycles. The van der Waals surface area contributed by atoms with Crippen LogP contribution < -0.4 is 10.2 Å². The Morgan fingerprint density at radius 2 is 1.96 bits per heavy atom.